The van der Waals surface area contributed by atoms with Crippen LogP contribution < -0.4 is 0 Å². The Morgan fingerprint density at radius 1 is 1.05 bits per heavy atom. The Balaban J connectivity index is 2.15. The molecule has 0 atom stereocenters. The van der Waals surface area contributed by atoms with Gasteiger partial charge in [-0.3, -0.25) is 0 Å². The summed E-state index contributed by atoms with van der Waals surface area (Å²) in [7, 11) is -3.58. The van der Waals surface area contributed by atoms with Crippen molar-refractivity contribution in [2.45, 2.75) is 39.0 Å². The third kappa shape index (κ3) is 3.44. The van der Waals surface area contributed by atoms with E-state index >= 15 is 0 Å². The van der Waals surface area contributed by atoms with E-state index in [9.17, 15) is 21.6 Å². The number of alkyl halides is 3. The summed E-state index contributed by atoms with van der Waals surface area (Å²) < 4.78 is 65.1. The third-order valence-corrected chi connectivity index (χ3v) is 5.80. The summed E-state index contributed by atoms with van der Waals surface area (Å²) in [5.41, 5.74) is -0.725. The summed E-state index contributed by atoms with van der Waals surface area (Å²) in [5, 5.41) is 0. The van der Waals surface area contributed by atoms with Crippen LogP contribution in [0.25, 0.3) is 0 Å². The molecular formula is C14H19F3N2O2S. The molecule has 0 saturated carbocycles. The molecule has 0 radical (unpaired) electrons. The van der Waals surface area contributed by atoms with Gasteiger partial charge in [-0.2, -0.15) is 30.2 Å². The SMILES string of the molecule is CC(C)(C)N1CCN(Cc2ccc(C(F)(F)F)cc2)S1(=O)=O. The first kappa shape index (κ1) is 17.2. The number of rotatable bonds is 2. The van der Waals surface area contributed by atoms with Crippen LogP contribution in [-0.2, 0) is 22.9 Å². The maximum Gasteiger partial charge on any atom is 0.416 e. The van der Waals surface area contributed by atoms with E-state index in [1.165, 1.54) is 20.7 Å². The first-order valence-electron chi connectivity index (χ1n) is 6.86. The summed E-state index contributed by atoms with van der Waals surface area (Å²) in [5.74, 6) is 0. The minimum absolute atomic E-state index is 0.0764. The highest BCUT2D eigenvalue weighted by Gasteiger charge is 2.42. The molecule has 0 aliphatic carbocycles. The van der Waals surface area contributed by atoms with Gasteiger partial charge in [0, 0.05) is 25.2 Å². The van der Waals surface area contributed by atoms with Crippen molar-refractivity contribution in [3.63, 3.8) is 0 Å². The fourth-order valence-corrected chi connectivity index (χ4v) is 4.33. The number of benzene rings is 1. The maximum atomic E-state index is 12.5. The third-order valence-electron chi connectivity index (χ3n) is 3.55. The Hall–Kier alpha value is -1.12. The predicted octanol–water partition coefficient (Wildman–Crippen LogP) is 2.87. The number of nitrogens with zero attached hydrogens (tertiary/aromatic N) is 2. The van der Waals surface area contributed by atoms with Crippen LogP contribution in [0.3, 0.4) is 0 Å². The largest absolute Gasteiger partial charge is 0.416 e. The Morgan fingerprint density at radius 3 is 2.00 bits per heavy atom. The average Bonchev–Trinajstić information content (AvgIpc) is 2.64. The van der Waals surface area contributed by atoms with Crippen LogP contribution in [0.4, 0.5) is 13.2 Å². The molecule has 22 heavy (non-hydrogen) atoms. The fraction of sp³-hybridized carbons (Fsp3) is 0.571. The summed E-state index contributed by atoms with van der Waals surface area (Å²) in [6.07, 6.45) is -4.39. The van der Waals surface area contributed by atoms with E-state index in [0.717, 1.165) is 12.1 Å². The summed E-state index contributed by atoms with van der Waals surface area (Å²) >= 11 is 0. The van der Waals surface area contributed by atoms with Gasteiger partial charge in [-0.1, -0.05) is 12.1 Å². The molecule has 0 N–H and O–H groups in total. The van der Waals surface area contributed by atoms with Gasteiger partial charge in [0.2, 0.25) is 0 Å². The molecule has 0 unspecified atom stereocenters. The van der Waals surface area contributed by atoms with Crippen LogP contribution in [0.5, 0.6) is 0 Å². The number of hydrogen-bond acceptors (Lipinski definition) is 2. The maximum absolute atomic E-state index is 12.5. The van der Waals surface area contributed by atoms with E-state index in [2.05, 4.69) is 0 Å². The van der Waals surface area contributed by atoms with E-state index in [4.69, 9.17) is 0 Å². The normalized spacial score (nSPS) is 20.5. The smallest absolute Gasteiger partial charge is 0.195 e. The molecule has 8 heteroatoms. The van der Waals surface area contributed by atoms with Crippen molar-refractivity contribution < 1.29 is 21.6 Å². The Labute approximate surface area is 128 Å². The van der Waals surface area contributed by atoms with Crippen molar-refractivity contribution in [2.24, 2.45) is 0 Å². The predicted molar refractivity (Wildman–Crippen MR) is 77.2 cm³/mol. The molecule has 1 heterocycles. The molecule has 0 amide bonds. The highest BCUT2D eigenvalue weighted by molar-refractivity contribution is 7.87. The first-order chi connectivity index (χ1) is 9.92. The minimum atomic E-state index is -4.39. The van der Waals surface area contributed by atoms with Crippen molar-refractivity contribution in [3.05, 3.63) is 35.4 Å². The molecule has 0 spiro atoms. The number of hydrogen-bond donors (Lipinski definition) is 0. The average molecular weight is 336 g/mol. The van der Waals surface area contributed by atoms with Gasteiger partial charge in [-0.15, -0.1) is 0 Å². The van der Waals surface area contributed by atoms with Crippen LogP contribution in [0.1, 0.15) is 31.9 Å². The van der Waals surface area contributed by atoms with Crippen molar-refractivity contribution in [2.75, 3.05) is 13.1 Å². The lowest BCUT2D eigenvalue weighted by atomic mass is 10.1. The van der Waals surface area contributed by atoms with E-state index in [1.807, 2.05) is 20.8 Å². The van der Waals surface area contributed by atoms with Crippen LogP contribution >= 0.6 is 0 Å². The molecule has 1 saturated heterocycles. The van der Waals surface area contributed by atoms with Gasteiger partial charge in [0.1, 0.15) is 0 Å². The van der Waals surface area contributed by atoms with Crippen molar-refractivity contribution in [1.29, 1.82) is 0 Å². The van der Waals surface area contributed by atoms with E-state index in [1.54, 1.807) is 0 Å². The van der Waals surface area contributed by atoms with Crippen LogP contribution in [0.15, 0.2) is 24.3 Å². The second-order valence-electron chi connectivity index (χ2n) is 6.28. The Kier molecular flexibility index (Phi) is 4.31. The molecule has 124 valence electrons. The van der Waals surface area contributed by atoms with Crippen molar-refractivity contribution in [1.82, 2.24) is 8.61 Å². The van der Waals surface area contributed by atoms with Gasteiger partial charge in [-0.05, 0) is 38.5 Å². The number of halogens is 3. The van der Waals surface area contributed by atoms with Crippen molar-refractivity contribution >= 4 is 10.2 Å². The quantitative estimate of drug-likeness (QED) is 0.833. The van der Waals surface area contributed by atoms with Gasteiger partial charge in [0.05, 0.1) is 5.56 Å². The molecule has 1 aliphatic heterocycles. The molecule has 4 nitrogen and oxygen atoms in total. The molecule has 1 fully saturated rings. The van der Waals surface area contributed by atoms with E-state index < -0.39 is 27.5 Å². The molecule has 0 bridgehead atoms. The zero-order valence-electron chi connectivity index (χ0n) is 12.7. The van der Waals surface area contributed by atoms with Gasteiger partial charge in [0.15, 0.2) is 0 Å². The topological polar surface area (TPSA) is 40.6 Å². The highest BCUT2D eigenvalue weighted by atomic mass is 32.2. The van der Waals surface area contributed by atoms with Gasteiger partial charge >= 0.3 is 6.18 Å². The first-order valence-corrected chi connectivity index (χ1v) is 8.26. The van der Waals surface area contributed by atoms with Crippen LogP contribution in [0, 0.1) is 0 Å². The van der Waals surface area contributed by atoms with Gasteiger partial charge in [-0.25, -0.2) is 0 Å². The van der Waals surface area contributed by atoms with Gasteiger partial charge in [0.25, 0.3) is 10.2 Å². The lowest BCUT2D eigenvalue weighted by Crippen LogP contribution is -2.44. The van der Waals surface area contributed by atoms with Crippen LogP contribution in [-0.4, -0.2) is 35.7 Å². The summed E-state index contributed by atoms with van der Waals surface area (Å²) in [6.45, 7) is 6.23. The monoisotopic (exact) mass is 336 g/mol. The molecule has 1 aliphatic rings. The van der Waals surface area contributed by atoms with Crippen LogP contribution in [0.2, 0.25) is 0 Å². The second-order valence-corrected chi connectivity index (χ2v) is 8.13. The second kappa shape index (κ2) is 5.50. The van der Waals surface area contributed by atoms with E-state index in [-0.39, 0.29) is 6.54 Å². The van der Waals surface area contributed by atoms with Gasteiger partial charge < -0.3 is 0 Å². The Bertz CT molecular complexity index is 634. The lowest BCUT2D eigenvalue weighted by Gasteiger charge is -2.30. The van der Waals surface area contributed by atoms with Crippen molar-refractivity contribution in [3.8, 4) is 0 Å². The standard InChI is InChI=1S/C14H19F3N2O2S/c1-13(2,3)19-9-8-18(22(19,20)21)10-11-4-6-12(7-5-11)14(15,16)17/h4-7H,8-10H2,1-3H3. The zero-order valence-corrected chi connectivity index (χ0v) is 13.5. The molecule has 2 rings (SSSR count). The molecule has 0 aromatic heterocycles. The highest BCUT2D eigenvalue weighted by Crippen LogP contribution is 2.30. The Morgan fingerprint density at radius 2 is 1.59 bits per heavy atom. The summed E-state index contributed by atoms with van der Waals surface area (Å²) in [4.78, 5) is 0. The fourth-order valence-electron chi connectivity index (χ4n) is 2.42. The lowest BCUT2D eigenvalue weighted by molar-refractivity contribution is -0.137. The molecular weight excluding hydrogens is 317 g/mol. The van der Waals surface area contributed by atoms with E-state index in [0.29, 0.717) is 18.7 Å². The molecule has 1 aromatic carbocycles. The summed E-state index contributed by atoms with van der Waals surface area (Å²) in [6, 6.07) is 4.58. The zero-order chi connectivity index (χ0) is 16.8. The minimum Gasteiger partial charge on any atom is -0.195 e. The molecule has 1 aromatic rings.